The lowest BCUT2D eigenvalue weighted by atomic mass is 10.1. The van der Waals surface area contributed by atoms with E-state index >= 15 is 0 Å². The molecule has 4 rings (SSSR count). The molecule has 2 aromatic carbocycles. The van der Waals surface area contributed by atoms with Crippen LogP contribution in [-0.2, 0) is 29.3 Å². The number of hydrogen-bond acceptors (Lipinski definition) is 4. The molecule has 0 spiro atoms. The predicted octanol–water partition coefficient (Wildman–Crippen LogP) is 2.84. The Morgan fingerprint density at radius 1 is 1.08 bits per heavy atom. The lowest BCUT2D eigenvalue weighted by Gasteiger charge is -2.07. The van der Waals surface area contributed by atoms with E-state index in [2.05, 4.69) is 9.71 Å². The summed E-state index contributed by atoms with van der Waals surface area (Å²) in [6.07, 6.45) is 3.52. The molecule has 3 aromatic rings. The Hall–Kier alpha value is -2.18. The number of rotatable bonds is 5. The Balaban J connectivity index is 1.44. The number of fused-ring (bicyclic) bond motifs is 2. The van der Waals surface area contributed by atoms with E-state index in [0.717, 1.165) is 30.3 Å². The van der Waals surface area contributed by atoms with Gasteiger partial charge in [-0.15, -0.1) is 0 Å². The van der Waals surface area contributed by atoms with Crippen molar-refractivity contribution < 1.29 is 12.8 Å². The summed E-state index contributed by atoms with van der Waals surface area (Å²) in [5.74, 6) is 0.535. The number of oxazole rings is 1. The van der Waals surface area contributed by atoms with Crippen molar-refractivity contribution in [1.29, 1.82) is 0 Å². The minimum Gasteiger partial charge on any atom is -0.441 e. The first-order valence-electron chi connectivity index (χ1n) is 8.08. The van der Waals surface area contributed by atoms with E-state index < -0.39 is 10.0 Å². The summed E-state index contributed by atoms with van der Waals surface area (Å²) >= 11 is 0. The van der Waals surface area contributed by atoms with E-state index in [1.165, 1.54) is 5.56 Å². The van der Waals surface area contributed by atoms with E-state index in [1.54, 1.807) is 12.1 Å². The number of sulfonamides is 1. The van der Waals surface area contributed by atoms with Crippen molar-refractivity contribution in [3.63, 3.8) is 0 Å². The molecule has 1 heterocycles. The van der Waals surface area contributed by atoms with Gasteiger partial charge >= 0.3 is 0 Å². The van der Waals surface area contributed by atoms with E-state index in [1.807, 2.05) is 30.3 Å². The van der Waals surface area contributed by atoms with Crippen molar-refractivity contribution >= 4 is 21.1 Å². The molecule has 5 nitrogen and oxygen atoms in total. The van der Waals surface area contributed by atoms with E-state index in [-0.39, 0.29) is 6.54 Å². The van der Waals surface area contributed by atoms with Crippen LogP contribution in [0.3, 0.4) is 0 Å². The van der Waals surface area contributed by atoms with Gasteiger partial charge in [-0.3, -0.25) is 0 Å². The zero-order valence-corrected chi connectivity index (χ0v) is 14.0. The maximum Gasteiger partial charge on any atom is 0.240 e. The van der Waals surface area contributed by atoms with E-state index in [4.69, 9.17) is 4.42 Å². The van der Waals surface area contributed by atoms with Crippen LogP contribution in [0.4, 0.5) is 0 Å². The smallest absolute Gasteiger partial charge is 0.240 e. The van der Waals surface area contributed by atoms with Gasteiger partial charge in [0.25, 0.3) is 0 Å². The van der Waals surface area contributed by atoms with Crippen molar-refractivity contribution in [1.82, 2.24) is 9.71 Å². The molecular weight excluding hydrogens is 324 g/mol. The molecule has 1 aliphatic carbocycles. The second-order valence-corrected chi connectivity index (χ2v) is 7.77. The molecule has 6 heteroatoms. The maximum atomic E-state index is 12.4. The lowest BCUT2D eigenvalue weighted by Crippen LogP contribution is -2.26. The molecule has 1 aliphatic rings. The fourth-order valence-electron chi connectivity index (χ4n) is 3.12. The number of para-hydroxylation sites is 2. The zero-order valence-electron chi connectivity index (χ0n) is 13.2. The average molecular weight is 342 g/mol. The fourth-order valence-corrected chi connectivity index (χ4v) is 4.20. The van der Waals surface area contributed by atoms with Gasteiger partial charge in [-0.05, 0) is 54.7 Å². The highest BCUT2D eigenvalue weighted by Gasteiger charge is 2.18. The second kappa shape index (κ2) is 6.03. The molecule has 0 aliphatic heterocycles. The molecule has 0 amide bonds. The van der Waals surface area contributed by atoms with Crippen LogP contribution < -0.4 is 4.72 Å². The quantitative estimate of drug-likeness (QED) is 0.774. The van der Waals surface area contributed by atoms with Crippen LogP contribution in [0.2, 0.25) is 0 Å². The minimum absolute atomic E-state index is 0.256. The van der Waals surface area contributed by atoms with Gasteiger partial charge < -0.3 is 4.42 Å². The highest BCUT2D eigenvalue weighted by molar-refractivity contribution is 7.89. The molecule has 124 valence electrons. The molecule has 1 aromatic heterocycles. The number of nitrogens with one attached hydrogen (secondary N) is 1. The molecule has 0 bridgehead atoms. The minimum atomic E-state index is -3.50. The molecule has 0 saturated carbocycles. The molecule has 0 radical (unpaired) electrons. The highest BCUT2D eigenvalue weighted by atomic mass is 32.2. The molecule has 0 atom stereocenters. The monoisotopic (exact) mass is 342 g/mol. The molecular formula is C18H18N2O3S. The van der Waals surface area contributed by atoms with E-state index in [9.17, 15) is 8.42 Å². The SMILES string of the molecule is O=S(=O)(NCCc1nc2ccccc2o1)c1ccc2c(c1)CCC2. The first-order chi connectivity index (χ1) is 11.6. The van der Waals surface area contributed by atoms with Gasteiger partial charge in [-0.2, -0.15) is 0 Å². The Morgan fingerprint density at radius 2 is 1.92 bits per heavy atom. The summed E-state index contributed by atoms with van der Waals surface area (Å²) in [4.78, 5) is 4.68. The van der Waals surface area contributed by atoms with Crippen LogP contribution >= 0.6 is 0 Å². The highest BCUT2D eigenvalue weighted by Crippen LogP contribution is 2.24. The third kappa shape index (κ3) is 2.95. The first-order valence-corrected chi connectivity index (χ1v) is 9.56. The Morgan fingerprint density at radius 3 is 2.79 bits per heavy atom. The Labute approximate surface area is 140 Å². The number of nitrogens with zero attached hydrogens (tertiary/aromatic N) is 1. The molecule has 24 heavy (non-hydrogen) atoms. The fraction of sp³-hybridized carbons (Fsp3) is 0.278. The van der Waals surface area contributed by atoms with Gasteiger partial charge in [-0.25, -0.2) is 18.1 Å². The predicted molar refractivity (Wildman–Crippen MR) is 91.4 cm³/mol. The number of aryl methyl sites for hydroxylation is 2. The Kier molecular flexibility index (Phi) is 3.86. The molecule has 0 saturated heterocycles. The average Bonchev–Trinajstić information content (AvgIpc) is 3.19. The standard InChI is InChI=1S/C18H18N2O3S/c21-24(22,15-9-8-13-4-3-5-14(13)12-15)19-11-10-18-20-16-6-1-2-7-17(16)23-18/h1-2,6-9,12,19H,3-5,10-11H2. The summed E-state index contributed by atoms with van der Waals surface area (Å²) in [5, 5.41) is 0. The summed E-state index contributed by atoms with van der Waals surface area (Å²) in [6, 6.07) is 12.9. The van der Waals surface area contributed by atoms with Crippen LogP contribution in [0.5, 0.6) is 0 Å². The lowest BCUT2D eigenvalue weighted by molar-refractivity contribution is 0.523. The summed E-state index contributed by atoms with van der Waals surface area (Å²) in [6.45, 7) is 0.256. The third-order valence-electron chi connectivity index (χ3n) is 4.35. The van der Waals surface area contributed by atoms with Crippen LogP contribution in [0, 0.1) is 0 Å². The van der Waals surface area contributed by atoms with Crippen molar-refractivity contribution in [3.8, 4) is 0 Å². The van der Waals surface area contributed by atoms with Crippen LogP contribution in [0.15, 0.2) is 51.8 Å². The number of benzene rings is 2. The van der Waals surface area contributed by atoms with Gasteiger partial charge in [0.1, 0.15) is 5.52 Å². The molecule has 1 N–H and O–H groups in total. The van der Waals surface area contributed by atoms with Crippen molar-refractivity contribution in [2.75, 3.05) is 6.54 Å². The summed E-state index contributed by atoms with van der Waals surface area (Å²) in [7, 11) is -3.50. The third-order valence-corrected chi connectivity index (χ3v) is 5.81. The first kappa shape index (κ1) is 15.4. The Bertz CT molecular complexity index is 959. The zero-order chi connectivity index (χ0) is 16.6. The van der Waals surface area contributed by atoms with Crippen molar-refractivity contribution in [2.45, 2.75) is 30.6 Å². The normalized spacial score (nSPS) is 14.2. The van der Waals surface area contributed by atoms with Gasteiger partial charge in [0.05, 0.1) is 4.90 Å². The van der Waals surface area contributed by atoms with Gasteiger partial charge in [0.15, 0.2) is 11.5 Å². The van der Waals surface area contributed by atoms with E-state index in [0.29, 0.717) is 22.8 Å². The summed E-state index contributed by atoms with van der Waals surface area (Å²) in [5.41, 5.74) is 3.92. The maximum absolute atomic E-state index is 12.4. The van der Waals surface area contributed by atoms with Crippen molar-refractivity contribution in [2.24, 2.45) is 0 Å². The number of hydrogen-bond donors (Lipinski definition) is 1. The van der Waals surface area contributed by atoms with Gasteiger partial charge in [0, 0.05) is 13.0 Å². The number of aromatic nitrogens is 1. The second-order valence-electron chi connectivity index (χ2n) is 6.01. The van der Waals surface area contributed by atoms with Crippen LogP contribution in [0.1, 0.15) is 23.4 Å². The summed E-state index contributed by atoms with van der Waals surface area (Å²) < 4.78 is 33.1. The topological polar surface area (TPSA) is 72.2 Å². The van der Waals surface area contributed by atoms with Crippen molar-refractivity contribution in [3.05, 3.63) is 59.5 Å². The van der Waals surface area contributed by atoms with Crippen LogP contribution in [-0.4, -0.2) is 19.9 Å². The largest absolute Gasteiger partial charge is 0.441 e. The molecule has 0 fully saturated rings. The van der Waals surface area contributed by atoms with Gasteiger partial charge in [-0.1, -0.05) is 18.2 Å². The van der Waals surface area contributed by atoms with Gasteiger partial charge in [0.2, 0.25) is 10.0 Å². The van der Waals surface area contributed by atoms with Crippen LogP contribution in [0.25, 0.3) is 11.1 Å². The molecule has 0 unspecified atom stereocenters.